The summed E-state index contributed by atoms with van der Waals surface area (Å²) in [6, 6.07) is 8.76. The molecule has 6 heteroatoms. The maximum atomic E-state index is 13.6. The maximum absolute atomic E-state index is 13.6. The number of hydrogen-bond donors (Lipinski definition) is 1. The van der Waals surface area contributed by atoms with E-state index in [0.29, 0.717) is 15.1 Å². The Hall–Kier alpha value is -1.10. The van der Waals surface area contributed by atoms with Gasteiger partial charge in [-0.25, -0.2) is 4.39 Å². The van der Waals surface area contributed by atoms with Gasteiger partial charge in [-0.3, -0.25) is 4.79 Å². The molecule has 0 aliphatic rings. The monoisotopic (exact) mass is 361 g/mol. The minimum Gasteiger partial charge on any atom is -0.319 e. The van der Waals surface area contributed by atoms with Crippen molar-refractivity contribution in [2.24, 2.45) is 0 Å². The standard InChI is InChI=1S/C13H7BrCl2FNO/c14-10-5-7(15)1-3-9(10)13(19)18-12-4-2-8(16)6-11(12)17/h1-6H,(H,18,19). The van der Waals surface area contributed by atoms with Gasteiger partial charge in [0, 0.05) is 14.5 Å². The third kappa shape index (κ3) is 3.47. The molecule has 98 valence electrons. The number of carbonyl (C=O) groups excluding carboxylic acids is 1. The quantitative estimate of drug-likeness (QED) is 0.786. The van der Waals surface area contributed by atoms with Gasteiger partial charge in [-0.2, -0.15) is 0 Å². The Kier molecular flexibility index (Phi) is 4.45. The third-order valence-corrected chi connectivity index (χ3v) is 3.48. The fourth-order valence-electron chi connectivity index (χ4n) is 1.45. The Morgan fingerprint density at radius 1 is 1.11 bits per heavy atom. The minimum absolute atomic E-state index is 0.0660. The number of amides is 1. The van der Waals surface area contributed by atoms with Crippen LogP contribution < -0.4 is 5.32 Å². The Morgan fingerprint density at radius 2 is 1.74 bits per heavy atom. The van der Waals surface area contributed by atoms with E-state index in [1.165, 1.54) is 12.1 Å². The van der Waals surface area contributed by atoms with Crippen LogP contribution in [-0.4, -0.2) is 5.91 Å². The van der Waals surface area contributed by atoms with Crippen LogP contribution in [0.25, 0.3) is 0 Å². The van der Waals surface area contributed by atoms with Gasteiger partial charge in [0.05, 0.1) is 11.3 Å². The molecule has 0 saturated carbocycles. The molecule has 2 rings (SSSR count). The molecule has 0 spiro atoms. The largest absolute Gasteiger partial charge is 0.319 e. The number of hydrogen-bond acceptors (Lipinski definition) is 1. The first-order valence-electron chi connectivity index (χ1n) is 5.19. The van der Waals surface area contributed by atoms with Crippen molar-refractivity contribution in [1.82, 2.24) is 0 Å². The molecule has 0 aromatic heterocycles. The van der Waals surface area contributed by atoms with Crippen LogP contribution in [0.15, 0.2) is 40.9 Å². The van der Waals surface area contributed by atoms with Gasteiger partial charge in [0.1, 0.15) is 5.82 Å². The average molecular weight is 363 g/mol. The van der Waals surface area contributed by atoms with E-state index in [2.05, 4.69) is 21.2 Å². The molecule has 0 aliphatic heterocycles. The van der Waals surface area contributed by atoms with E-state index in [4.69, 9.17) is 23.2 Å². The molecule has 0 heterocycles. The summed E-state index contributed by atoms with van der Waals surface area (Å²) in [6.07, 6.45) is 0. The first-order valence-corrected chi connectivity index (χ1v) is 6.74. The summed E-state index contributed by atoms with van der Waals surface area (Å²) in [6.45, 7) is 0. The second-order valence-electron chi connectivity index (χ2n) is 3.70. The molecule has 0 fully saturated rings. The topological polar surface area (TPSA) is 29.1 Å². The molecule has 1 N–H and O–H groups in total. The molecule has 0 unspecified atom stereocenters. The number of halogens is 4. The normalized spacial score (nSPS) is 10.3. The zero-order valence-electron chi connectivity index (χ0n) is 9.38. The summed E-state index contributed by atoms with van der Waals surface area (Å²) in [7, 11) is 0. The lowest BCUT2D eigenvalue weighted by atomic mass is 10.2. The van der Waals surface area contributed by atoms with Gasteiger partial charge in [-0.1, -0.05) is 23.2 Å². The maximum Gasteiger partial charge on any atom is 0.256 e. The second-order valence-corrected chi connectivity index (χ2v) is 5.43. The van der Waals surface area contributed by atoms with Crippen molar-refractivity contribution < 1.29 is 9.18 Å². The Labute approximate surface area is 127 Å². The number of rotatable bonds is 2. The lowest BCUT2D eigenvalue weighted by Gasteiger charge is -2.08. The summed E-state index contributed by atoms with van der Waals surface area (Å²) in [5, 5.41) is 3.24. The van der Waals surface area contributed by atoms with E-state index >= 15 is 0 Å². The fraction of sp³-hybridized carbons (Fsp3) is 0. The number of anilines is 1. The molecule has 0 saturated heterocycles. The second kappa shape index (κ2) is 5.90. The zero-order chi connectivity index (χ0) is 14.0. The molecule has 0 radical (unpaired) electrons. The van der Waals surface area contributed by atoms with Gasteiger partial charge in [0.25, 0.3) is 5.91 Å². The van der Waals surface area contributed by atoms with Crippen LogP contribution in [0, 0.1) is 5.82 Å². The summed E-state index contributed by atoms with van der Waals surface area (Å²) >= 11 is 14.7. The Balaban J connectivity index is 2.25. The van der Waals surface area contributed by atoms with E-state index in [1.54, 1.807) is 18.2 Å². The zero-order valence-corrected chi connectivity index (χ0v) is 12.5. The van der Waals surface area contributed by atoms with Crippen LogP contribution in [0.2, 0.25) is 10.0 Å². The van der Waals surface area contributed by atoms with Crippen molar-refractivity contribution in [2.45, 2.75) is 0 Å². The molecular weight excluding hydrogens is 356 g/mol. The van der Waals surface area contributed by atoms with Crippen LogP contribution in [0.3, 0.4) is 0 Å². The average Bonchev–Trinajstić information content (AvgIpc) is 2.32. The Bertz CT molecular complexity index is 649. The third-order valence-electron chi connectivity index (χ3n) is 2.36. The first kappa shape index (κ1) is 14.3. The molecule has 19 heavy (non-hydrogen) atoms. The molecule has 0 atom stereocenters. The highest BCUT2D eigenvalue weighted by Crippen LogP contribution is 2.24. The fourth-order valence-corrected chi connectivity index (χ4v) is 2.48. The van der Waals surface area contributed by atoms with Gasteiger partial charge in [0.2, 0.25) is 0 Å². The molecule has 2 nitrogen and oxygen atoms in total. The van der Waals surface area contributed by atoms with Crippen molar-refractivity contribution in [1.29, 1.82) is 0 Å². The van der Waals surface area contributed by atoms with Crippen LogP contribution in [0.1, 0.15) is 10.4 Å². The van der Waals surface area contributed by atoms with Crippen LogP contribution in [-0.2, 0) is 0 Å². The predicted molar refractivity (Wildman–Crippen MR) is 78.5 cm³/mol. The van der Waals surface area contributed by atoms with Crippen LogP contribution >= 0.6 is 39.1 Å². The van der Waals surface area contributed by atoms with Crippen molar-refractivity contribution in [3.8, 4) is 0 Å². The lowest BCUT2D eigenvalue weighted by molar-refractivity contribution is 0.102. The highest BCUT2D eigenvalue weighted by atomic mass is 79.9. The molecule has 2 aromatic rings. The van der Waals surface area contributed by atoms with Crippen molar-refractivity contribution in [2.75, 3.05) is 5.32 Å². The lowest BCUT2D eigenvalue weighted by Crippen LogP contribution is -2.13. The van der Waals surface area contributed by atoms with E-state index in [-0.39, 0.29) is 10.7 Å². The summed E-state index contributed by atoms with van der Waals surface area (Å²) < 4.78 is 14.1. The Morgan fingerprint density at radius 3 is 2.37 bits per heavy atom. The van der Waals surface area contributed by atoms with Crippen LogP contribution in [0.5, 0.6) is 0 Å². The smallest absolute Gasteiger partial charge is 0.256 e. The molecule has 0 bridgehead atoms. The first-order chi connectivity index (χ1) is 8.97. The van der Waals surface area contributed by atoms with Gasteiger partial charge < -0.3 is 5.32 Å². The van der Waals surface area contributed by atoms with E-state index in [9.17, 15) is 9.18 Å². The van der Waals surface area contributed by atoms with Crippen molar-refractivity contribution >= 4 is 50.7 Å². The number of benzene rings is 2. The van der Waals surface area contributed by atoms with Gasteiger partial charge in [-0.15, -0.1) is 0 Å². The molecule has 1 amide bonds. The predicted octanol–water partition coefficient (Wildman–Crippen LogP) is 5.15. The van der Waals surface area contributed by atoms with Gasteiger partial charge in [0.15, 0.2) is 0 Å². The van der Waals surface area contributed by atoms with Gasteiger partial charge >= 0.3 is 0 Å². The molecular formula is C13H7BrCl2FNO. The summed E-state index contributed by atoms with van der Waals surface area (Å²) in [5.74, 6) is -1.03. The van der Waals surface area contributed by atoms with E-state index < -0.39 is 11.7 Å². The summed E-state index contributed by atoms with van der Waals surface area (Å²) in [4.78, 5) is 12.0. The highest BCUT2D eigenvalue weighted by molar-refractivity contribution is 9.10. The minimum atomic E-state index is -0.592. The van der Waals surface area contributed by atoms with E-state index in [1.807, 2.05) is 0 Å². The van der Waals surface area contributed by atoms with Crippen molar-refractivity contribution in [3.05, 3.63) is 62.3 Å². The van der Waals surface area contributed by atoms with Gasteiger partial charge in [-0.05, 0) is 52.3 Å². The summed E-state index contributed by atoms with van der Waals surface area (Å²) in [5.41, 5.74) is 0.426. The molecule has 0 aliphatic carbocycles. The SMILES string of the molecule is O=C(Nc1ccc(Cl)cc1F)c1ccc(Cl)cc1Br. The highest BCUT2D eigenvalue weighted by Gasteiger charge is 2.12. The number of nitrogens with one attached hydrogen (secondary N) is 1. The van der Waals surface area contributed by atoms with E-state index in [0.717, 1.165) is 6.07 Å². The molecule has 2 aromatic carbocycles. The van der Waals surface area contributed by atoms with Crippen LogP contribution in [0.4, 0.5) is 10.1 Å². The number of carbonyl (C=O) groups is 1. The van der Waals surface area contributed by atoms with Crippen molar-refractivity contribution in [3.63, 3.8) is 0 Å².